The van der Waals surface area contributed by atoms with Crippen molar-refractivity contribution in [3.05, 3.63) is 112 Å². The molecule has 2 atom stereocenters. The molecule has 4 aromatic carbocycles. The molecule has 1 heterocycles. The number of aliphatic imine (C=N–C) groups is 1. The van der Waals surface area contributed by atoms with Crippen LogP contribution >= 0.6 is 15.9 Å². The van der Waals surface area contributed by atoms with Crippen LogP contribution in [0.4, 0.5) is 0 Å². The van der Waals surface area contributed by atoms with Crippen LogP contribution in [0.25, 0.3) is 10.8 Å². The molecule has 0 aliphatic carbocycles. The second-order valence-corrected chi connectivity index (χ2v) is 10.6. The van der Waals surface area contributed by atoms with E-state index in [-0.39, 0.29) is 12.5 Å². The number of nitrogens with one attached hydrogen (secondary N) is 2. The van der Waals surface area contributed by atoms with Gasteiger partial charge in [-0.15, -0.1) is 0 Å². The minimum atomic E-state index is -1.19. The Labute approximate surface area is 242 Å². The Morgan fingerprint density at radius 1 is 1.00 bits per heavy atom. The van der Waals surface area contributed by atoms with Crippen molar-refractivity contribution in [1.29, 1.82) is 0 Å². The summed E-state index contributed by atoms with van der Waals surface area (Å²) in [6.07, 6.45) is 0.397. The molecule has 206 valence electrons. The van der Waals surface area contributed by atoms with Crippen LogP contribution in [0, 0.1) is 0 Å². The van der Waals surface area contributed by atoms with Crippen LogP contribution < -0.4 is 15.6 Å². The molecular weight excluding hydrogens is 570 g/mol. The molecule has 0 bridgehead atoms. The minimum Gasteiger partial charge on any atom is -0.494 e. The van der Waals surface area contributed by atoms with Gasteiger partial charge in [0.25, 0.3) is 5.91 Å². The zero-order valence-electron chi connectivity index (χ0n) is 22.3. The van der Waals surface area contributed by atoms with Crippen LogP contribution in [0.5, 0.6) is 5.75 Å². The van der Waals surface area contributed by atoms with Crippen molar-refractivity contribution in [3.63, 3.8) is 0 Å². The Morgan fingerprint density at radius 2 is 1.73 bits per heavy atom. The number of amides is 1. The number of rotatable bonds is 11. The van der Waals surface area contributed by atoms with Crippen molar-refractivity contribution in [1.82, 2.24) is 10.9 Å². The Kier molecular flexibility index (Phi) is 8.79. The van der Waals surface area contributed by atoms with Gasteiger partial charge in [0.05, 0.1) is 6.61 Å². The summed E-state index contributed by atoms with van der Waals surface area (Å²) < 4.78 is 12.8. The van der Waals surface area contributed by atoms with Gasteiger partial charge in [0.15, 0.2) is 5.54 Å². The molecule has 40 heavy (non-hydrogen) atoms. The van der Waals surface area contributed by atoms with Crippen LogP contribution in [0.2, 0.25) is 0 Å². The molecule has 5 rings (SSSR count). The van der Waals surface area contributed by atoms with Gasteiger partial charge < -0.3 is 14.6 Å². The molecule has 0 saturated heterocycles. The number of fused-ring (bicyclic) bond motifs is 1. The first kappa shape index (κ1) is 27.8. The summed E-state index contributed by atoms with van der Waals surface area (Å²) in [5, 5.41) is 11.3. The summed E-state index contributed by atoms with van der Waals surface area (Å²) in [4.78, 5) is 18.8. The van der Waals surface area contributed by atoms with E-state index in [0.29, 0.717) is 37.6 Å². The largest absolute Gasteiger partial charge is 0.494 e. The van der Waals surface area contributed by atoms with E-state index in [1.807, 2.05) is 79.7 Å². The lowest BCUT2D eigenvalue weighted by molar-refractivity contribution is -0.129. The number of carbonyl (C=O) groups excluding carboxylic acids is 1. The molecule has 0 radical (unpaired) electrons. The maximum atomic E-state index is 13.9. The molecule has 0 spiro atoms. The van der Waals surface area contributed by atoms with E-state index >= 15 is 0 Å². The third-order valence-corrected chi connectivity index (χ3v) is 7.88. The highest BCUT2D eigenvalue weighted by Gasteiger charge is 2.50. The molecule has 1 amide bonds. The van der Waals surface area contributed by atoms with Gasteiger partial charge in [-0.2, -0.15) is 0 Å². The number of carbonyl (C=O) groups is 1. The SMILES string of the molecule is C[C@@H]1OC(c2ccc(OCCCO)cc2)=N[C@]1(Cc1ccccc1Br)C(=O)NNCc1cccc2ccccc12. The van der Waals surface area contributed by atoms with E-state index in [2.05, 4.69) is 45.0 Å². The number of hydrogen-bond acceptors (Lipinski definition) is 6. The number of aliphatic hydroxyl groups is 1. The fourth-order valence-electron chi connectivity index (χ4n) is 4.85. The first-order valence-electron chi connectivity index (χ1n) is 13.3. The predicted octanol–water partition coefficient (Wildman–Crippen LogP) is 5.33. The smallest absolute Gasteiger partial charge is 0.266 e. The zero-order chi connectivity index (χ0) is 28.0. The highest BCUT2D eigenvalue weighted by molar-refractivity contribution is 9.10. The van der Waals surface area contributed by atoms with Gasteiger partial charge in [0, 0.05) is 36.0 Å². The summed E-state index contributed by atoms with van der Waals surface area (Å²) in [7, 11) is 0. The first-order valence-corrected chi connectivity index (χ1v) is 14.1. The molecule has 7 nitrogen and oxygen atoms in total. The lowest BCUT2D eigenvalue weighted by Crippen LogP contribution is -2.55. The third-order valence-electron chi connectivity index (χ3n) is 7.11. The number of hydrogen-bond donors (Lipinski definition) is 3. The topological polar surface area (TPSA) is 92.2 Å². The van der Waals surface area contributed by atoms with Crippen molar-refractivity contribution in [2.75, 3.05) is 13.2 Å². The van der Waals surface area contributed by atoms with Crippen molar-refractivity contribution in [2.24, 2.45) is 4.99 Å². The molecule has 8 heteroatoms. The van der Waals surface area contributed by atoms with Gasteiger partial charge in [-0.1, -0.05) is 76.6 Å². The number of ether oxygens (including phenoxy) is 2. The quantitative estimate of drug-likeness (QED) is 0.160. The lowest BCUT2D eigenvalue weighted by atomic mass is 9.86. The Balaban J connectivity index is 1.38. The molecule has 0 aromatic heterocycles. The van der Waals surface area contributed by atoms with E-state index in [0.717, 1.165) is 31.9 Å². The van der Waals surface area contributed by atoms with Crippen LogP contribution in [0.15, 0.2) is 100 Å². The molecule has 0 saturated carbocycles. The van der Waals surface area contributed by atoms with Gasteiger partial charge in [0.2, 0.25) is 5.90 Å². The second-order valence-electron chi connectivity index (χ2n) is 9.77. The van der Waals surface area contributed by atoms with Gasteiger partial charge in [-0.25, -0.2) is 10.4 Å². The maximum absolute atomic E-state index is 13.9. The predicted molar refractivity (Wildman–Crippen MR) is 160 cm³/mol. The van der Waals surface area contributed by atoms with Gasteiger partial charge in [-0.05, 0) is 59.2 Å². The summed E-state index contributed by atoms with van der Waals surface area (Å²) in [6.45, 7) is 2.86. The average Bonchev–Trinajstić information content (AvgIpc) is 3.31. The van der Waals surface area contributed by atoms with Gasteiger partial charge in [0.1, 0.15) is 11.9 Å². The molecular formula is C32H32BrN3O4. The van der Waals surface area contributed by atoms with Crippen LogP contribution in [0.1, 0.15) is 30.0 Å². The third kappa shape index (κ3) is 6.04. The summed E-state index contributed by atoms with van der Waals surface area (Å²) in [5.74, 6) is 0.833. The van der Waals surface area contributed by atoms with Gasteiger partial charge >= 0.3 is 0 Å². The Bertz CT molecular complexity index is 1500. The van der Waals surface area contributed by atoms with Crippen LogP contribution in [-0.2, 0) is 22.5 Å². The monoisotopic (exact) mass is 601 g/mol. The zero-order valence-corrected chi connectivity index (χ0v) is 23.9. The van der Waals surface area contributed by atoms with Crippen molar-refractivity contribution in [3.8, 4) is 5.75 Å². The van der Waals surface area contributed by atoms with Crippen LogP contribution in [-0.4, -0.2) is 41.8 Å². The fourth-order valence-corrected chi connectivity index (χ4v) is 5.27. The second kappa shape index (κ2) is 12.6. The number of halogens is 1. The van der Waals surface area contributed by atoms with Crippen LogP contribution in [0.3, 0.4) is 0 Å². The summed E-state index contributed by atoms with van der Waals surface area (Å²) >= 11 is 3.63. The Hall–Kier alpha value is -3.72. The number of nitrogens with zero attached hydrogens (tertiary/aromatic N) is 1. The maximum Gasteiger partial charge on any atom is 0.266 e. The van der Waals surface area contributed by atoms with E-state index in [9.17, 15) is 4.79 Å². The minimum absolute atomic E-state index is 0.0824. The molecule has 0 unspecified atom stereocenters. The molecule has 4 aromatic rings. The first-order chi connectivity index (χ1) is 19.5. The van der Waals surface area contributed by atoms with Crippen molar-refractivity contribution in [2.45, 2.75) is 38.0 Å². The lowest BCUT2D eigenvalue weighted by Gasteiger charge is -2.28. The highest BCUT2D eigenvalue weighted by Crippen LogP contribution is 2.34. The molecule has 0 fully saturated rings. The van der Waals surface area contributed by atoms with E-state index in [4.69, 9.17) is 19.6 Å². The molecule has 3 N–H and O–H groups in total. The van der Waals surface area contributed by atoms with Gasteiger partial charge in [-0.3, -0.25) is 10.2 Å². The van der Waals surface area contributed by atoms with Crippen molar-refractivity contribution < 1.29 is 19.4 Å². The summed E-state index contributed by atoms with van der Waals surface area (Å²) in [5.41, 5.74) is 7.66. The van der Waals surface area contributed by atoms with E-state index in [1.165, 1.54) is 0 Å². The number of aliphatic hydroxyl groups excluding tert-OH is 1. The Morgan fingerprint density at radius 3 is 2.52 bits per heavy atom. The molecule has 1 aliphatic heterocycles. The van der Waals surface area contributed by atoms with E-state index < -0.39 is 11.6 Å². The number of benzene rings is 4. The van der Waals surface area contributed by atoms with Crippen molar-refractivity contribution >= 4 is 38.5 Å². The average molecular weight is 603 g/mol. The normalized spacial score (nSPS) is 18.3. The highest BCUT2D eigenvalue weighted by atomic mass is 79.9. The number of hydrazine groups is 1. The fraction of sp³-hybridized carbons (Fsp3) is 0.250. The standard InChI is InChI=1S/C32H32BrN3O4/c1-22-32(20-25-9-3-5-13-29(25)33,35-30(40-22)24-14-16-27(17-15-24)39-19-7-18-37)31(38)36-34-21-26-11-6-10-23-8-2-4-12-28(23)26/h2-6,8-17,22,34,37H,7,18-21H2,1H3,(H,36,38)/t22-,32-/m0/s1. The van der Waals surface area contributed by atoms with E-state index in [1.54, 1.807) is 0 Å². The molecule has 1 aliphatic rings. The summed E-state index contributed by atoms with van der Waals surface area (Å²) in [6, 6.07) is 29.6.